The van der Waals surface area contributed by atoms with Gasteiger partial charge in [-0.25, -0.2) is 0 Å². The maximum absolute atomic E-state index is 9.91. The SMILES string of the molecule is O[C@H]1CCC[C@@H]2[C@H]1C[C@@H]1CCCN12. The van der Waals surface area contributed by atoms with Crippen LogP contribution in [0.15, 0.2) is 0 Å². The molecule has 0 radical (unpaired) electrons. The zero-order valence-electron chi connectivity index (χ0n) is 8.15. The predicted molar refractivity (Wildman–Crippen MR) is 51.5 cm³/mol. The monoisotopic (exact) mass is 181 g/mol. The number of fused-ring (bicyclic) bond motifs is 3. The first-order valence-electron chi connectivity index (χ1n) is 5.80. The summed E-state index contributed by atoms with van der Waals surface area (Å²) in [6, 6.07) is 1.58. The molecule has 0 aromatic heterocycles. The van der Waals surface area contributed by atoms with E-state index in [4.69, 9.17) is 0 Å². The van der Waals surface area contributed by atoms with Gasteiger partial charge in [0.05, 0.1) is 6.10 Å². The van der Waals surface area contributed by atoms with Gasteiger partial charge in [0.2, 0.25) is 0 Å². The van der Waals surface area contributed by atoms with Gasteiger partial charge in [0.25, 0.3) is 0 Å². The Morgan fingerprint density at radius 2 is 2.00 bits per heavy atom. The summed E-state index contributed by atoms with van der Waals surface area (Å²) in [6.45, 7) is 1.30. The van der Waals surface area contributed by atoms with E-state index in [1.807, 2.05) is 0 Å². The maximum Gasteiger partial charge on any atom is 0.0583 e. The first-order chi connectivity index (χ1) is 6.36. The zero-order valence-corrected chi connectivity index (χ0v) is 8.15. The number of hydrogen-bond acceptors (Lipinski definition) is 2. The molecule has 3 fully saturated rings. The largest absolute Gasteiger partial charge is 0.393 e. The van der Waals surface area contributed by atoms with Crippen LogP contribution in [0, 0.1) is 5.92 Å². The van der Waals surface area contributed by atoms with Crippen LogP contribution in [0.4, 0.5) is 0 Å². The van der Waals surface area contributed by atoms with Crippen molar-refractivity contribution in [2.24, 2.45) is 5.92 Å². The highest BCUT2D eigenvalue weighted by atomic mass is 16.3. The first kappa shape index (κ1) is 8.25. The van der Waals surface area contributed by atoms with Crippen LogP contribution < -0.4 is 0 Å². The Morgan fingerprint density at radius 3 is 2.92 bits per heavy atom. The van der Waals surface area contributed by atoms with E-state index in [1.54, 1.807) is 0 Å². The lowest BCUT2D eigenvalue weighted by molar-refractivity contribution is 0.0428. The standard InChI is InChI=1S/C11H19NO/c13-11-5-1-4-10-9(11)7-8-3-2-6-12(8)10/h8-11,13H,1-7H2/t8-,9+,10+,11-/m0/s1. The van der Waals surface area contributed by atoms with Gasteiger partial charge in [-0.2, -0.15) is 0 Å². The van der Waals surface area contributed by atoms with Crippen molar-refractivity contribution in [1.82, 2.24) is 4.90 Å². The van der Waals surface area contributed by atoms with E-state index in [-0.39, 0.29) is 6.10 Å². The van der Waals surface area contributed by atoms with Crippen LogP contribution in [0.2, 0.25) is 0 Å². The summed E-state index contributed by atoms with van der Waals surface area (Å²) in [5.41, 5.74) is 0. The highest BCUT2D eigenvalue weighted by Gasteiger charge is 2.46. The third-order valence-electron chi connectivity index (χ3n) is 4.38. The molecular formula is C11H19NO. The van der Waals surface area contributed by atoms with E-state index in [0.717, 1.165) is 18.5 Å². The van der Waals surface area contributed by atoms with Gasteiger partial charge in [0, 0.05) is 18.0 Å². The molecule has 0 amide bonds. The van der Waals surface area contributed by atoms with Gasteiger partial charge >= 0.3 is 0 Å². The highest BCUT2D eigenvalue weighted by Crippen LogP contribution is 2.43. The number of hydrogen-bond donors (Lipinski definition) is 1. The van der Waals surface area contributed by atoms with Crippen LogP contribution in [0.1, 0.15) is 38.5 Å². The van der Waals surface area contributed by atoms with Crippen molar-refractivity contribution in [3.05, 3.63) is 0 Å². The van der Waals surface area contributed by atoms with E-state index in [1.165, 1.54) is 38.6 Å². The van der Waals surface area contributed by atoms with E-state index >= 15 is 0 Å². The molecule has 0 spiro atoms. The van der Waals surface area contributed by atoms with Crippen LogP contribution in [0.25, 0.3) is 0 Å². The number of nitrogens with zero attached hydrogens (tertiary/aromatic N) is 1. The van der Waals surface area contributed by atoms with Gasteiger partial charge in [0.15, 0.2) is 0 Å². The molecule has 1 N–H and O–H groups in total. The average molecular weight is 181 g/mol. The number of aliphatic hydroxyl groups is 1. The van der Waals surface area contributed by atoms with E-state index in [9.17, 15) is 5.11 Å². The van der Waals surface area contributed by atoms with E-state index < -0.39 is 0 Å². The summed E-state index contributed by atoms with van der Waals surface area (Å²) in [7, 11) is 0. The average Bonchev–Trinajstić information content (AvgIpc) is 2.65. The van der Waals surface area contributed by atoms with Crippen molar-refractivity contribution in [2.45, 2.75) is 56.7 Å². The molecule has 3 rings (SSSR count). The molecule has 2 aliphatic heterocycles. The fourth-order valence-corrected chi connectivity index (χ4v) is 3.81. The van der Waals surface area contributed by atoms with Crippen LogP contribution in [0.5, 0.6) is 0 Å². The van der Waals surface area contributed by atoms with Crippen LogP contribution in [0.3, 0.4) is 0 Å². The summed E-state index contributed by atoms with van der Waals surface area (Å²) in [6.07, 6.45) is 7.73. The Morgan fingerprint density at radius 1 is 1.08 bits per heavy atom. The van der Waals surface area contributed by atoms with Gasteiger partial charge in [0.1, 0.15) is 0 Å². The minimum atomic E-state index is 0.0179. The molecule has 4 atom stereocenters. The Labute approximate surface area is 79.9 Å². The summed E-state index contributed by atoms with van der Waals surface area (Å²) >= 11 is 0. The molecule has 0 aromatic carbocycles. The summed E-state index contributed by atoms with van der Waals surface area (Å²) in [5, 5.41) is 9.91. The minimum Gasteiger partial charge on any atom is -0.393 e. The molecule has 13 heavy (non-hydrogen) atoms. The van der Waals surface area contributed by atoms with Gasteiger partial charge in [-0.3, -0.25) is 4.90 Å². The second-order valence-electron chi connectivity index (χ2n) is 5.00. The molecule has 3 aliphatic rings. The second kappa shape index (κ2) is 2.96. The third-order valence-corrected chi connectivity index (χ3v) is 4.38. The van der Waals surface area contributed by atoms with Crippen molar-refractivity contribution in [1.29, 1.82) is 0 Å². The van der Waals surface area contributed by atoms with Gasteiger partial charge in [-0.1, -0.05) is 0 Å². The molecule has 0 aromatic rings. The normalized spacial score (nSPS) is 50.5. The predicted octanol–water partition coefficient (Wildman–Crippen LogP) is 1.38. The van der Waals surface area contributed by atoms with Crippen molar-refractivity contribution < 1.29 is 5.11 Å². The van der Waals surface area contributed by atoms with Crippen LogP contribution >= 0.6 is 0 Å². The van der Waals surface area contributed by atoms with Gasteiger partial charge in [-0.05, 0) is 45.1 Å². The summed E-state index contributed by atoms with van der Waals surface area (Å²) in [4.78, 5) is 2.69. The Bertz CT molecular complexity index is 206. The lowest BCUT2D eigenvalue weighted by Gasteiger charge is -2.34. The molecule has 0 bridgehead atoms. The van der Waals surface area contributed by atoms with Crippen LogP contribution in [-0.4, -0.2) is 34.7 Å². The van der Waals surface area contributed by atoms with Crippen molar-refractivity contribution in [2.75, 3.05) is 6.54 Å². The second-order valence-corrected chi connectivity index (χ2v) is 5.00. The Kier molecular flexibility index (Phi) is 1.88. The highest BCUT2D eigenvalue weighted by molar-refractivity contribution is 5.01. The summed E-state index contributed by atoms with van der Waals surface area (Å²) in [5.74, 6) is 0.624. The molecule has 1 saturated carbocycles. The molecular weight excluding hydrogens is 162 g/mol. The van der Waals surface area contributed by atoms with Gasteiger partial charge < -0.3 is 5.11 Å². The molecule has 1 aliphatic carbocycles. The third kappa shape index (κ3) is 1.15. The molecule has 74 valence electrons. The molecule has 2 saturated heterocycles. The minimum absolute atomic E-state index is 0.0179. The molecule has 2 heteroatoms. The number of aliphatic hydroxyl groups excluding tert-OH is 1. The fraction of sp³-hybridized carbons (Fsp3) is 1.00. The first-order valence-corrected chi connectivity index (χ1v) is 5.80. The Hall–Kier alpha value is -0.0800. The smallest absolute Gasteiger partial charge is 0.0583 e. The lowest BCUT2D eigenvalue weighted by atomic mass is 9.82. The fourth-order valence-electron chi connectivity index (χ4n) is 3.81. The molecule has 0 unspecified atom stereocenters. The lowest BCUT2D eigenvalue weighted by Crippen LogP contribution is -2.40. The van der Waals surface area contributed by atoms with E-state index in [2.05, 4.69) is 4.90 Å². The van der Waals surface area contributed by atoms with Crippen molar-refractivity contribution >= 4 is 0 Å². The topological polar surface area (TPSA) is 23.5 Å². The quantitative estimate of drug-likeness (QED) is 0.610. The maximum atomic E-state index is 9.91. The zero-order chi connectivity index (χ0) is 8.84. The summed E-state index contributed by atoms with van der Waals surface area (Å²) < 4.78 is 0. The van der Waals surface area contributed by atoms with Crippen LogP contribution in [-0.2, 0) is 0 Å². The van der Waals surface area contributed by atoms with Crippen molar-refractivity contribution in [3.8, 4) is 0 Å². The molecule has 2 heterocycles. The number of rotatable bonds is 0. The molecule has 2 nitrogen and oxygen atoms in total. The Balaban J connectivity index is 1.81. The van der Waals surface area contributed by atoms with Crippen molar-refractivity contribution in [3.63, 3.8) is 0 Å². The van der Waals surface area contributed by atoms with E-state index in [0.29, 0.717) is 5.92 Å². The van der Waals surface area contributed by atoms with Gasteiger partial charge in [-0.15, -0.1) is 0 Å².